The predicted molar refractivity (Wildman–Crippen MR) is 115 cm³/mol. The van der Waals surface area contributed by atoms with Gasteiger partial charge in [-0.25, -0.2) is 4.98 Å². The van der Waals surface area contributed by atoms with Gasteiger partial charge >= 0.3 is 0 Å². The van der Waals surface area contributed by atoms with E-state index in [4.69, 9.17) is 4.98 Å². The topological polar surface area (TPSA) is 64.7 Å². The summed E-state index contributed by atoms with van der Waals surface area (Å²) in [7, 11) is 2.03. The summed E-state index contributed by atoms with van der Waals surface area (Å²) in [6.07, 6.45) is 0.790. The summed E-state index contributed by atoms with van der Waals surface area (Å²) in [4.78, 5) is 17.4. The van der Waals surface area contributed by atoms with Gasteiger partial charge in [0.05, 0.1) is 16.7 Å². The summed E-state index contributed by atoms with van der Waals surface area (Å²) in [5, 5.41) is 7.51. The molecule has 148 valence electrons. The summed E-state index contributed by atoms with van der Waals surface area (Å²) in [5.74, 6) is 0.887. The molecule has 0 radical (unpaired) electrons. The van der Waals surface area contributed by atoms with Crippen molar-refractivity contribution in [2.75, 3.05) is 5.32 Å². The molecule has 0 aliphatic rings. The molecule has 0 unspecified atom stereocenters. The van der Waals surface area contributed by atoms with E-state index in [0.29, 0.717) is 5.56 Å². The highest BCUT2D eigenvalue weighted by atomic mass is 16.1. The van der Waals surface area contributed by atoms with Crippen LogP contribution in [0.1, 0.15) is 33.1 Å². The summed E-state index contributed by atoms with van der Waals surface area (Å²) in [5.41, 5.74) is 6.48. The number of nitrogens with zero attached hydrogens (tertiary/aromatic N) is 4. The van der Waals surface area contributed by atoms with Gasteiger partial charge in [0.1, 0.15) is 5.82 Å². The van der Waals surface area contributed by atoms with Crippen molar-refractivity contribution in [2.45, 2.75) is 33.7 Å². The second-order valence-electron chi connectivity index (χ2n) is 7.46. The zero-order chi connectivity index (χ0) is 20.5. The molecule has 0 spiro atoms. The molecule has 4 aromatic rings. The van der Waals surface area contributed by atoms with Gasteiger partial charge in [0.25, 0.3) is 5.91 Å². The largest absolute Gasteiger partial charge is 0.331 e. The first-order chi connectivity index (χ1) is 13.9. The van der Waals surface area contributed by atoms with Crippen LogP contribution in [0.2, 0.25) is 0 Å². The molecule has 1 amide bonds. The third kappa shape index (κ3) is 3.78. The Morgan fingerprint density at radius 2 is 1.86 bits per heavy atom. The number of aromatic nitrogens is 4. The standard InChI is InChI=1S/C23H25N5O/c1-15-7-5-6-8-19(15)23(29)24-18-9-10-21-20(14-18)25-22(27(21)4)11-12-28-17(3)13-16(2)26-28/h5-10,13-14H,11-12H2,1-4H3,(H,24,29). The van der Waals surface area contributed by atoms with Gasteiger partial charge in [-0.15, -0.1) is 0 Å². The maximum atomic E-state index is 12.6. The van der Waals surface area contributed by atoms with Crippen LogP contribution >= 0.6 is 0 Å². The second-order valence-corrected chi connectivity index (χ2v) is 7.46. The fourth-order valence-electron chi connectivity index (χ4n) is 3.68. The third-order valence-electron chi connectivity index (χ3n) is 5.27. The maximum Gasteiger partial charge on any atom is 0.255 e. The first-order valence-electron chi connectivity index (χ1n) is 9.76. The molecule has 0 aliphatic carbocycles. The molecule has 29 heavy (non-hydrogen) atoms. The van der Waals surface area contributed by atoms with E-state index in [1.807, 2.05) is 68.0 Å². The molecule has 2 heterocycles. The Morgan fingerprint density at radius 1 is 1.07 bits per heavy atom. The monoisotopic (exact) mass is 387 g/mol. The molecular formula is C23H25N5O. The molecule has 0 saturated heterocycles. The van der Waals surface area contributed by atoms with Crippen LogP contribution in [-0.2, 0) is 20.0 Å². The molecule has 0 fully saturated rings. The Hall–Kier alpha value is -3.41. The number of hydrogen-bond acceptors (Lipinski definition) is 3. The van der Waals surface area contributed by atoms with Gasteiger partial charge in [0, 0.05) is 37.0 Å². The Bertz CT molecular complexity index is 1200. The lowest BCUT2D eigenvalue weighted by Gasteiger charge is -2.07. The maximum absolute atomic E-state index is 12.6. The van der Waals surface area contributed by atoms with Crippen LogP contribution in [-0.4, -0.2) is 25.2 Å². The minimum Gasteiger partial charge on any atom is -0.331 e. The number of nitrogens with one attached hydrogen (secondary N) is 1. The van der Waals surface area contributed by atoms with Gasteiger partial charge in [-0.05, 0) is 56.7 Å². The number of amides is 1. The van der Waals surface area contributed by atoms with Crippen molar-refractivity contribution in [1.82, 2.24) is 19.3 Å². The number of aryl methyl sites for hydroxylation is 6. The van der Waals surface area contributed by atoms with E-state index in [0.717, 1.165) is 52.5 Å². The quantitative estimate of drug-likeness (QED) is 0.558. The molecule has 1 N–H and O–H groups in total. The van der Waals surface area contributed by atoms with Crippen LogP contribution in [0.15, 0.2) is 48.5 Å². The molecule has 0 bridgehead atoms. The molecular weight excluding hydrogens is 362 g/mol. The van der Waals surface area contributed by atoms with Crippen LogP contribution in [0.5, 0.6) is 0 Å². The Morgan fingerprint density at radius 3 is 2.59 bits per heavy atom. The number of fused-ring (bicyclic) bond motifs is 1. The Kier molecular flexibility index (Phi) is 4.92. The first-order valence-corrected chi connectivity index (χ1v) is 9.76. The molecule has 2 aromatic carbocycles. The number of anilines is 1. The predicted octanol–water partition coefficient (Wildman–Crippen LogP) is 4.19. The lowest BCUT2D eigenvalue weighted by molar-refractivity contribution is 0.102. The third-order valence-corrected chi connectivity index (χ3v) is 5.27. The molecule has 6 nitrogen and oxygen atoms in total. The first kappa shape index (κ1) is 18.9. The van der Waals surface area contributed by atoms with Crippen molar-refractivity contribution >= 4 is 22.6 Å². The van der Waals surface area contributed by atoms with E-state index in [1.165, 1.54) is 0 Å². The lowest BCUT2D eigenvalue weighted by Crippen LogP contribution is -2.13. The van der Waals surface area contributed by atoms with Crippen LogP contribution in [0.3, 0.4) is 0 Å². The molecule has 0 saturated carbocycles. The molecule has 0 atom stereocenters. The van der Waals surface area contributed by atoms with Crippen molar-refractivity contribution in [3.05, 3.63) is 76.9 Å². The van der Waals surface area contributed by atoms with Gasteiger partial charge in [0.15, 0.2) is 0 Å². The number of carbonyl (C=O) groups is 1. The SMILES string of the molecule is Cc1cc(C)n(CCc2nc3cc(NC(=O)c4ccccc4C)ccc3n2C)n1. The normalized spacial score (nSPS) is 11.2. The average molecular weight is 387 g/mol. The molecule has 0 aliphatic heterocycles. The Balaban J connectivity index is 1.54. The van der Waals surface area contributed by atoms with Gasteiger partial charge < -0.3 is 9.88 Å². The lowest BCUT2D eigenvalue weighted by atomic mass is 10.1. The van der Waals surface area contributed by atoms with Crippen molar-refractivity contribution in [1.29, 1.82) is 0 Å². The number of hydrogen-bond donors (Lipinski definition) is 1. The smallest absolute Gasteiger partial charge is 0.255 e. The minimum atomic E-state index is -0.108. The molecule has 6 heteroatoms. The fourth-order valence-corrected chi connectivity index (χ4v) is 3.68. The van der Waals surface area contributed by atoms with E-state index in [9.17, 15) is 4.79 Å². The van der Waals surface area contributed by atoms with Gasteiger partial charge in [-0.1, -0.05) is 18.2 Å². The Labute approximate surface area is 170 Å². The van der Waals surface area contributed by atoms with E-state index in [-0.39, 0.29) is 5.91 Å². The zero-order valence-corrected chi connectivity index (χ0v) is 17.2. The van der Waals surface area contributed by atoms with E-state index < -0.39 is 0 Å². The van der Waals surface area contributed by atoms with E-state index >= 15 is 0 Å². The van der Waals surface area contributed by atoms with Crippen molar-refractivity contribution in [3.8, 4) is 0 Å². The van der Waals surface area contributed by atoms with Gasteiger partial charge in [-0.3, -0.25) is 9.48 Å². The van der Waals surface area contributed by atoms with Crippen LogP contribution < -0.4 is 5.32 Å². The highest BCUT2D eigenvalue weighted by molar-refractivity contribution is 6.05. The highest BCUT2D eigenvalue weighted by Gasteiger charge is 2.12. The summed E-state index contributed by atoms with van der Waals surface area (Å²) < 4.78 is 4.12. The minimum absolute atomic E-state index is 0.108. The van der Waals surface area contributed by atoms with Crippen molar-refractivity contribution in [3.63, 3.8) is 0 Å². The fraction of sp³-hybridized carbons (Fsp3) is 0.261. The van der Waals surface area contributed by atoms with Crippen LogP contribution in [0.25, 0.3) is 11.0 Å². The number of imidazole rings is 1. The number of carbonyl (C=O) groups excluding carboxylic acids is 1. The van der Waals surface area contributed by atoms with Crippen molar-refractivity contribution in [2.24, 2.45) is 7.05 Å². The van der Waals surface area contributed by atoms with Crippen LogP contribution in [0, 0.1) is 20.8 Å². The molecule has 2 aromatic heterocycles. The highest BCUT2D eigenvalue weighted by Crippen LogP contribution is 2.21. The van der Waals surface area contributed by atoms with Crippen LogP contribution in [0.4, 0.5) is 5.69 Å². The summed E-state index contributed by atoms with van der Waals surface area (Å²) in [6.45, 7) is 6.79. The number of rotatable bonds is 5. The summed E-state index contributed by atoms with van der Waals surface area (Å²) in [6, 6.07) is 15.5. The second kappa shape index (κ2) is 7.54. The zero-order valence-electron chi connectivity index (χ0n) is 17.2. The van der Waals surface area contributed by atoms with Crippen molar-refractivity contribution < 1.29 is 4.79 Å². The van der Waals surface area contributed by atoms with Gasteiger partial charge in [0.2, 0.25) is 0 Å². The van der Waals surface area contributed by atoms with Gasteiger partial charge in [-0.2, -0.15) is 5.10 Å². The van der Waals surface area contributed by atoms with E-state index in [2.05, 4.69) is 28.0 Å². The molecule has 4 rings (SSSR count). The number of benzene rings is 2. The summed E-state index contributed by atoms with van der Waals surface area (Å²) >= 11 is 0. The van der Waals surface area contributed by atoms with E-state index in [1.54, 1.807) is 0 Å². The average Bonchev–Trinajstić information content (AvgIpc) is 3.18.